The second-order valence-electron chi connectivity index (χ2n) is 6.99. The number of aromatic amines is 1. The number of H-pyrrole nitrogens is 1. The highest BCUT2D eigenvalue weighted by Crippen LogP contribution is 2.34. The van der Waals surface area contributed by atoms with Crippen LogP contribution < -0.4 is 21.9 Å². The molecule has 0 bridgehead atoms. The Morgan fingerprint density at radius 3 is 2.79 bits per heavy atom. The largest absolute Gasteiger partial charge is 0.382 e. The molecule has 14 heteroatoms. The van der Waals surface area contributed by atoms with Gasteiger partial charge in [0.25, 0.3) is 5.56 Å². The van der Waals surface area contributed by atoms with Crippen LogP contribution in [0.2, 0.25) is 0 Å². The van der Waals surface area contributed by atoms with Crippen LogP contribution in [0.5, 0.6) is 0 Å². The molecule has 0 aliphatic heterocycles. The first-order chi connectivity index (χ1) is 16.0. The highest BCUT2D eigenvalue weighted by Gasteiger charge is 2.17. The van der Waals surface area contributed by atoms with Gasteiger partial charge in [-0.25, -0.2) is 10.1 Å². The molecule has 0 saturated carbocycles. The predicted octanol–water partition coefficient (Wildman–Crippen LogP) is 2.71. The number of hydrogen-bond acceptors (Lipinski definition) is 11. The zero-order chi connectivity index (χ0) is 23.2. The first-order valence-corrected chi connectivity index (χ1v) is 12.2. The number of nitrogens with one attached hydrogen (secondary N) is 3. The lowest BCUT2D eigenvalue weighted by Gasteiger charge is -2.08. The molecular weight excluding hydrogens is 500 g/mol. The number of thiazole rings is 1. The Morgan fingerprint density at radius 1 is 1.24 bits per heavy atom. The van der Waals surface area contributed by atoms with Gasteiger partial charge in [-0.3, -0.25) is 9.59 Å². The Bertz CT molecular complexity index is 1320. The van der Waals surface area contributed by atoms with E-state index >= 15 is 0 Å². The molecule has 0 saturated heterocycles. The van der Waals surface area contributed by atoms with E-state index in [1.165, 1.54) is 23.1 Å². The quantitative estimate of drug-likeness (QED) is 0.180. The van der Waals surface area contributed by atoms with Crippen LogP contribution in [-0.4, -0.2) is 50.6 Å². The van der Waals surface area contributed by atoms with E-state index in [-0.39, 0.29) is 30.3 Å². The van der Waals surface area contributed by atoms with Crippen molar-refractivity contribution in [3.05, 3.63) is 40.5 Å². The summed E-state index contributed by atoms with van der Waals surface area (Å²) in [5, 5.41) is 17.9. The van der Waals surface area contributed by atoms with Crippen molar-refractivity contribution < 1.29 is 9.32 Å². The van der Waals surface area contributed by atoms with Gasteiger partial charge in [-0.15, -0.1) is 23.7 Å². The molecule has 0 atom stereocenters. The van der Waals surface area contributed by atoms with Crippen molar-refractivity contribution in [3.63, 3.8) is 0 Å². The van der Waals surface area contributed by atoms with Crippen LogP contribution in [0.25, 0.3) is 21.5 Å². The molecule has 11 nitrogen and oxygen atoms in total. The topological polar surface area (TPSA) is 165 Å². The van der Waals surface area contributed by atoms with Gasteiger partial charge in [-0.1, -0.05) is 35.1 Å². The Morgan fingerprint density at radius 2 is 2.03 bits per heavy atom. The number of thioether (sulfide) groups is 1. The van der Waals surface area contributed by atoms with E-state index in [1.807, 2.05) is 24.5 Å². The number of carbonyl (C=O) groups is 1. The van der Waals surface area contributed by atoms with Crippen molar-refractivity contribution in [2.75, 3.05) is 30.4 Å². The molecule has 1 amide bonds. The fourth-order valence-electron chi connectivity index (χ4n) is 3.09. The number of fused-ring (bicyclic) bond motifs is 1. The number of amides is 1. The maximum atomic E-state index is 12.1. The van der Waals surface area contributed by atoms with Gasteiger partial charge >= 0.3 is 0 Å². The summed E-state index contributed by atoms with van der Waals surface area (Å²) in [4.78, 5) is 33.2. The van der Waals surface area contributed by atoms with E-state index in [0.29, 0.717) is 59.5 Å². The van der Waals surface area contributed by atoms with E-state index in [0.717, 1.165) is 9.73 Å². The zero-order valence-electron chi connectivity index (χ0n) is 18.2. The number of benzene rings is 1. The number of nitrogens with zero attached hydrogens (tertiary/aromatic N) is 4. The van der Waals surface area contributed by atoms with E-state index in [1.54, 1.807) is 6.07 Å². The number of nitrogen functional groups attached to an aromatic ring is 1. The average molecular weight is 523 g/mol. The summed E-state index contributed by atoms with van der Waals surface area (Å²) < 4.78 is 6.06. The minimum Gasteiger partial charge on any atom is -0.382 e. The van der Waals surface area contributed by atoms with Crippen molar-refractivity contribution in [1.82, 2.24) is 30.6 Å². The second-order valence-corrected chi connectivity index (χ2v) is 9.04. The molecule has 4 rings (SSSR count). The van der Waals surface area contributed by atoms with Gasteiger partial charge < -0.3 is 20.9 Å². The summed E-state index contributed by atoms with van der Waals surface area (Å²) in [6.45, 7) is 1.09. The van der Waals surface area contributed by atoms with Crippen LogP contribution in [0.3, 0.4) is 0 Å². The number of rotatable bonds is 10. The molecule has 0 aliphatic rings. The first-order valence-electron chi connectivity index (χ1n) is 10.2. The molecule has 0 radical (unpaired) electrons. The van der Waals surface area contributed by atoms with E-state index in [9.17, 15) is 9.59 Å². The van der Waals surface area contributed by atoms with Crippen LogP contribution in [0.15, 0.2) is 37.9 Å². The van der Waals surface area contributed by atoms with Crippen LogP contribution >= 0.6 is 35.5 Å². The molecule has 0 spiro atoms. The summed E-state index contributed by atoms with van der Waals surface area (Å²) in [7, 11) is 0. The second kappa shape index (κ2) is 11.8. The van der Waals surface area contributed by atoms with Gasteiger partial charge in [0.1, 0.15) is 10.7 Å². The van der Waals surface area contributed by atoms with E-state index < -0.39 is 0 Å². The predicted molar refractivity (Wildman–Crippen MR) is 136 cm³/mol. The van der Waals surface area contributed by atoms with Gasteiger partial charge in [0, 0.05) is 31.3 Å². The van der Waals surface area contributed by atoms with Crippen molar-refractivity contribution in [2.24, 2.45) is 0 Å². The van der Waals surface area contributed by atoms with Crippen molar-refractivity contribution in [3.8, 4) is 10.7 Å². The number of aryl methyl sites for hydroxylation is 1. The number of hydrogen-bond donors (Lipinski definition) is 4. The van der Waals surface area contributed by atoms with Crippen molar-refractivity contribution >= 4 is 63.8 Å². The van der Waals surface area contributed by atoms with Crippen LogP contribution in [-0.2, 0) is 11.2 Å². The lowest BCUT2D eigenvalue weighted by atomic mass is 10.2. The Kier molecular flexibility index (Phi) is 8.85. The van der Waals surface area contributed by atoms with Crippen LogP contribution in [0, 0.1) is 0 Å². The summed E-state index contributed by atoms with van der Waals surface area (Å²) in [5.41, 5.74) is 5.68. The molecule has 0 fully saturated rings. The van der Waals surface area contributed by atoms with E-state index in [2.05, 4.69) is 36.0 Å². The molecule has 3 heterocycles. The molecule has 3 aromatic heterocycles. The van der Waals surface area contributed by atoms with Gasteiger partial charge in [0.05, 0.1) is 5.39 Å². The molecule has 180 valence electrons. The fraction of sp³-hybridized carbons (Fsp3) is 0.300. The average Bonchev–Trinajstić information content (AvgIpc) is 3.45. The molecule has 0 unspecified atom stereocenters. The third kappa shape index (κ3) is 6.04. The summed E-state index contributed by atoms with van der Waals surface area (Å²) >= 11 is 2.90. The highest BCUT2D eigenvalue weighted by molar-refractivity contribution is 8.00. The fourth-order valence-corrected chi connectivity index (χ4v) is 4.51. The van der Waals surface area contributed by atoms with Gasteiger partial charge in [-0.05, 0) is 18.7 Å². The van der Waals surface area contributed by atoms with Crippen molar-refractivity contribution in [2.45, 2.75) is 23.6 Å². The Labute approximate surface area is 208 Å². The minimum absolute atomic E-state index is 0. The maximum Gasteiger partial charge on any atom is 0.272 e. The summed E-state index contributed by atoms with van der Waals surface area (Å²) in [5.74, 6) is 1.62. The Hall–Kier alpha value is -3.16. The normalized spacial score (nSPS) is 10.7. The van der Waals surface area contributed by atoms with Gasteiger partial charge in [0.15, 0.2) is 10.2 Å². The standard InChI is InChI=1S/C20H22N8O3S2.ClH/c1-32-20-25-16(21)15(33-20)18-24-14(31-28-18)8-7-13(29)22-9-4-10-23-17-11-5-2-3-6-12(11)19(30)27-26-17;/h2-3,5-6H,4,7-10,21H2,1H3,(H,22,29)(H,23,26)(H,27,30);1H. The van der Waals surface area contributed by atoms with Crippen LogP contribution in [0.4, 0.5) is 11.6 Å². The molecule has 1 aromatic carbocycles. The molecular formula is C20H23ClN8O3S2. The van der Waals surface area contributed by atoms with Gasteiger partial charge in [-0.2, -0.15) is 10.1 Å². The molecule has 0 aliphatic carbocycles. The van der Waals surface area contributed by atoms with Crippen molar-refractivity contribution in [1.29, 1.82) is 0 Å². The molecule has 4 aromatic rings. The highest BCUT2D eigenvalue weighted by atomic mass is 35.5. The molecule has 34 heavy (non-hydrogen) atoms. The lowest BCUT2D eigenvalue weighted by molar-refractivity contribution is -0.121. The number of halogens is 1. The van der Waals surface area contributed by atoms with Gasteiger partial charge in [0.2, 0.25) is 17.6 Å². The monoisotopic (exact) mass is 522 g/mol. The first kappa shape index (κ1) is 25.5. The van der Waals surface area contributed by atoms with Crippen LogP contribution in [0.1, 0.15) is 18.7 Å². The maximum absolute atomic E-state index is 12.1. The summed E-state index contributed by atoms with van der Waals surface area (Å²) in [6, 6.07) is 7.26. The smallest absolute Gasteiger partial charge is 0.272 e. The SMILES string of the molecule is CSc1nc(N)c(-c2noc(CCC(=O)NCCCNc3n[nH]c(=O)c4ccccc34)n2)s1.Cl. The lowest BCUT2D eigenvalue weighted by Crippen LogP contribution is -2.26. The third-order valence-electron chi connectivity index (χ3n) is 4.71. The zero-order valence-corrected chi connectivity index (χ0v) is 20.6. The number of anilines is 2. The minimum atomic E-state index is -0.225. The molecule has 5 N–H and O–H groups in total. The third-order valence-corrected chi connectivity index (χ3v) is 6.76. The summed E-state index contributed by atoms with van der Waals surface area (Å²) in [6.07, 6.45) is 3.17. The number of nitrogens with two attached hydrogens (primary N) is 1. The number of aromatic nitrogens is 5. The Balaban J connectivity index is 0.00000324. The van der Waals surface area contributed by atoms with E-state index in [4.69, 9.17) is 10.3 Å². The number of carbonyl (C=O) groups excluding carboxylic acids is 1.